The number of aromatic hydroxyl groups is 1. The summed E-state index contributed by atoms with van der Waals surface area (Å²) < 4.78 is 28.5. The molecular formula is C20H21N5O5S. The molecule has 0 amide bonds. The molecule has 0 spiro atoms. The third-order valence-electron chi connectivity index (χ3n) is 5.34. The smallest absolute Gasteiger partial charge is 0.298 e. The quantitative estimate of drug-likeness (QED) is 0.341. The Balaban J connectivity index is 1.76. The Morgan fingerprint density at radius 2 is 1.84 bits per heavy atom. The minimum Gasteiger partial charge on any atom is -0.493 e. The molecule has 2 aromatic carbocycles. The number of aromatic nitrogens is 1. The maximum absolute atomic E-state index is 12.7. The van der Waals surface area contributed by atoms with Crippen LogP contribution in [-0.4, -0.2) is 40.4 Å². The number of aryl methyl sites for hydroxylation is 1. The number of azo groups is 1. The van der Waals surface area contributed by atoms with E-state index in [-0.39, 0.29) is 22.2 Å². The second kappa shape index (κ2) is 8.08. The zero-order chi connectivity index (χ0) is 22.2. The van der Waals surface area contributed by atoms with E-state index in [4.69, 9.17) is 0 Å². The van der Waals surface area contributed by atoms with Crippen molar-refractivity contribution in [3.63, 3.8) is 0 Å². The van der Waals surface area contributed by atoms with Gasteiger partial charge in [0, 0.05) is 31.1 Å². The predicted octanol–water partition coefficient (Wildman–Crippen LogP) is 4.47. The summed E-state index contributed by atoms with van der Waals surface area (Å²) in [6.45, 7) is 3.18. The fourth-order valence-electron chi connectivity index (χ4n) is 3.77. The van der Waals surface area contributed by atoms with E-state index >= 15 is 0 Å². The first-order chi connectivity index (χ1) is 14.8. The van der Waals surface area contributed by atoms with Crippen LogP contribution in [0.4, 0.5) is 17.1 Å². The Bertz CT molecular complexity index is 1290. The number of nitro benzene ring substituents is 1. The zero-order valence-corrected chi connectivity index (χ0v) is 17.6. The average Bonchev–Trinajstić information content (AvgIpc) is 3.39. The molecule has 11 heteroatoms. The number of para-hydroxylation sites is 1. The number of rotatable bonds is 6. The lowest BCUT2D eigenvalue weighted by molar-refractivity contribution is -0.384. The molecule has 2 heterocycles. The molecule has 1 fully saturated rings. The largest absolute Gasteiger partial charge is 0.493 e. The Morgan fingerprint density at radius 1 is 1.13 bits per heavy atom. The van der Waals surface area contributed by atoms with Crippen molar-refractivity contribution in [1.82, 2.24) is 8.87 Å². The minimum absolute atomic E-state index is 0.0941. The van der Waals surface area contributed by atoms with Crippen LogP contribution in [0.15, 0.2) is 57.6 Å². The molecule has 162 valence electrons. The molecule has 1 aromatic heterocycles. The maximum Gasteiger partial charge on any atom is 0.298 e. The number of sulfonamides is 1. The van der Waals surface area contributed by atoms with Gasteiger partial charge in [-0.25, -0.2) is 8.42 Å². The number of nitro groups is 1. The van der Waals surface area contributed by atoms with Crippen LogP contribution in [0.5, 0.6) is 5.88 Å². The molecule has 1 aliphatic rings. The van der Waals surface area contributed by atoms with Crippen molar-refractivity contribution in [2.24, 2.45) is 10.2 Å². The molecule has 3 aromatic rings. The Morgan fingerprint density at radius 3 is 2.52 bits per heavy atom. The SMILES string of the molecule is CCn1c(O)c(N=Nc2ccc(S(=O)(=O)N3CCCC3)cc2[N+](=O)[O-])c2ccccc21. The van der Waals surface area contributed by atoms with Crippen LogP contribution in [-0.2, 0) is 16.6 Å². The predicted molar refractivity (Wildman–Crippen MR) is 115 cm³/mol. The van der Waals surface area contributed by atoms with E-state index in [0.717, 1.165) is 24.4 Å². The number of nitrogens with zero attached hydrogens (tertiary/aromatic N) is 5. The number of hydrogen-bond donors (Lipinski definition) is 1. The van der Waals surface area contributed by atoms with Gasteiger partial charge in [-0.2, -0.15) is 4.31 Å². The highest BCUT2D eigenvalue weighted by molar-refractivity contribution is 7.89. The van der Waals surface area contributed by atoms with Crippen molar-refractivity contribution < 1.29 is 18.4 Å². The standard InChI is InChI=1S/C20H21N5O5S/c1-2-24-17-8-4-3-7-15(17)19(20(24)26)22-21-16-10-9-14(13-18(16)25(27)28)31(29,30)23-11-5-6-12-23/h3-4,7-10,13,26H,2,5-6,11-12H2,1H3. The van der Waals surface area contributed by atoms with Gasteiger partial charge in [0.15, 0.2) is 11.4 Å². The zero-order valence-electron chi connectivity index (χ0n) is 16.8. The fourth-order valence-corrected chi connectivity index (χ4v) is 5.30. The van der Waals surface area contributed by atoms with Crippen LogP contribution in [0.2, 0.25) is 0 Å². The highest BCUT2D eigenvalue weighted by Crippen LogP contribution is 2.40. The van der Waals surface area contributed by atoms with Gasteiger partial charge in [0.05, 0.1) is 15.3 Å². The first-order valence-corrected chi connectivity index (χ1v) is 11.3. The van der Waals surface area contributed by atoms with Crippen LogP contribution in [0.3, 0.4) is 0 Å². The molecule has 1 aliphatic heterocycles. The molecule has 1 saturated heterocycles. The van der Waals surface area contributed by atoms with Gasteiger partial charge in [0.25, 0.3) is 5.69 Å². The van der Waals surface area contributed by atoms with E-state index in [0.29, 0.717) is 25.0 Å². The number of benzene rings is 2. The minimum atomic E-state index is -3.80. The van der Waals surface area contributed by atoms with Gasteiger partial charge in [0.1, 0.15) is 0 Å². The molecule has 0 atom stereocenters. The van der Waals surface area contributed by atoms with E-state index in [1.54, 1.807) is 16.7 Å². The Labute approximate surface area is 178 Å². The van der Waals surface area contributed by atoms with Crippen LogP contribution >= 0.6 is 0 Å². The molecule has 1 N–H and O–H groups in total. The maximum atomic E-state index is 12.7. The lowest BCUT2D eigenvalue weighted by Gasteiger charge is -2.15. The highest BCUT2D eigenvalue weighted by atomic mass is 32.2. The second-order valence-electron chi connectivity index (χ2n) is 7.15. The van der Waals surface area contributed by atoms with Gasteiger partial charge in [0.2, 0.25) is 15.9 Å². The summed E-state index contributed by atoms with van der Waals surface area (Å²) in [4.78, 5) is 10.8. The number of hydrogen-bond acceptors (Lipinski definition) is 7. The molecule has 0 bridgehead atoms. The summed E-state index contributed by atoms with van der Waals surface area (Å²) in [5.74, 6) is -0.0941. The third kappa shape index (κ3) is 3.66. The highest BCUT2D eigenvalue weighted by Gasteiger charge is 2.29. The molecular weight excluding hydrogens is 422 g/mol. The summed E-state index contributed by atoms with van der Waals surface area (Å²) in [5.41, 5.74) is 0.388. The first kappa shape index (κ1) is 20.9. The van der Waals surface area contributed by atoms with Crippen molar-refractivity contribution in [3.8, 4) is 5.88 Å². The topological polar surface area (TPSA) is 130 Å². The molecule has 0 aliphatic carbocycles. The summed E-state index contributed by atoms with van der Waals surface area (Å²) in [6, 6.07) is 10.8. The van der Waals surface area contributed by atoms with Gasteiger partial charge in [-0.15, -0.1) is 10.2 Å². The van der Waals surface area contributed by atoms with Gasteiger partial charge >= 0.3 is 0 Å². The van der Waals surface area contributed by atoms with Crippen LogP contribution < -0.4 is 0 Å². The van der Waals surface area contributed by atoms with Crippen LogP contribution in [0.25, 0.3) is 10.9 Å². The van der Waals surface area contributed by atoms with Gasteiger partial charge in [-0.1, -0.05) is 18.2 Å². The second-order valence-corrected chi connectivity index (χ2v) is 9.09. The van der Waals surface area contributed by atoms with Crippen LogP contribution in [0, 0.1) is 10.1 Å². The molecule has 31 heavy (non-hydrogen) atoms. The van der Waals surface area contributed by atoms with E-state index in [1.165, 1.54) is 16.4 Å². The van der Waals surface area contributed by atoms with E-state index in [1.807, 2.05) is 19.1 Å². The van der Waals surface area contributed by atoms with Crippen molar-refractivity contribution in [2.45, 2.75) is 31.2 Å². The van der Waals surface area contributed by atoms with E-state index < -0.39 is 20.6 Å². The fraction of sp³-hybridized carbons (Fsp3) is 0.300. The normalized spacial score (nSPS) is 15.3. The van der Waals surface area contributed by atoms with Gasteiger partial charge in [-0.05, 0) is 38.0 Å². The van der Waals surface area contributed by atoms with Crippen molar-refractivity contribution >= 4 is 38.0 Å². The monoisotopic (exact) mass is 443 g/mol. The van der Waals surface area contributed by atoms with E-state index in [9.17, 15) is 23.6 Å². The van der Waals surface area contributed by atoms with Crippen LogP contribution in [0.1, 0.15) is 19.8 Å². The molecule has 4 rings (SSSR count). The summed E-state index contributed by atoms with van der Waals surface area (Å²) in [5, 5.41) is 30.8. The Kier molecular flexibility index (Phi) is 5.46. The molecule has 0 saturated carbocycles. The van der Waals surface area contributed by atoms with Gasteiger partial charge < -0.3 is 9.67 Å². The lowest BCUT2D eigenvalue weighted by Crippen LogP contribution is -2.27. The van der Waals surface area contributed by atoms with Crippen molar-refractivity contribution in [1.29, 1.82) is 0 Å². The average molecular weight is 443 g/mol. The molecule has 0 radical (unpaired) electrons. The summed E-state index contributed by atoms with van der Waals surface area (Å²) in [7, 11) is -3.80. The molecule has 0 unspecified atom stereocenters. The lowest BCUT2D eigenvalue weighted by atomic mass is 10.2. The molecule has 10 nitrogen and oxygen atoms in total. The summed E-state index contributed by atoms with van der Waals surface area (Å²) in [6.07, 6.45) is 1.53. The van der Waals surface area contributed by atoms with Gasteiger partial charge in [-0.3, -0.25) is 10.1 Å². The van der Waals surface area contributed by atoms with E-state index in [2.05, 4.69) is 10.2 Å². The van der Waals surface area contributed by atoms with Crippen molar-refractivity contribution in [2.75, 3.05) is 13.1 Å². The summed E-state index contributed by atoms with van der Waals surface area (Å²) >= 11 is 0. The Hall–Kier alpha value is -3.31. The van der Waals surface area contributed by atoms with Crippen molar-refractivity contribution in [3.05, 3.63) is 52.6 Å². The first-order valence-electron chi connectivity index (χ1n) is 9.85. The number of fused-ring (bicyclic) bond motifs is 1. The third-order valence-corrected chi connectivity index (χ3v) is 7.23.